The first-order chi connectivity index (χ1) is 9.49. The summed E-state index contributed by atoms with van der Waals surface area (Å²) in [5.74, 6) is -0.00505. The number of anilines is 1. The van der Waals surface area contributed by atoms with E-state index in [4.69, 9.17) is 10.5 Å². The van der Waals surface area contributed by atoms with Gasteiger partial charge >= 0.3 is 5.97 Å². The van der Waals surface area contributed by atoms with Crippen molar-refractivity contribution in [3.05, 3.63) is 40.3 Å². The summed E-state index contributed by atoms with van der Waals surface area (Å²) in [5, 5.41) is 0. The molecule has 0 atom stereocenters. The molecule has 1 aromatic carbocycles. The number of hydrogen-bond donors (Lipinski definition) is 1. The van der Waals surface area contributed by atoms with E-state index in [9.17, 15) is 4.79 Å². The molecule has 0 fully saturated rings. The second kappa shape index (κ2) is 5.87. The highest BCUT2D eigenvalue weighted by Crippen LogP contribution is 2.29. The fourth-order valence-corrected chi connectivity index (χ4v) is 1.88. The summed E-state index contributed by atoms with van der Waals surface area (Å²) in [5.41, 5.74) is 6.88. The standard InChI is InChI=1S/C13H12BrN3O3/c1-7-5-11(17-12(16-7)13(18)19-2)20-10-4-3-8(14)6-9(10)15/h3-6H,15H2,1-2H3. The molecular formula is C13H12BrN3O3. The number of halogens is 1. The molecular weight excluding hydrogens is 326 g/mol. The van der Waals surface area contributed by atoms with Crippen LogP contribution in [0, 0.1) is 6.92 Å². The molecule has 2 N–H and O–H groups in total. The molecule has 1 heterocycles. The Morgan fingerprint density at radius 1 is 1.30 bits per heavy atom. The van der Waals surface area contributed by atoms with Gasteiger partial charge in [0.1, 0.15) is 0 Å². The highest BCUT2D eigenvalue weighted by molar-refractivity contribution is 9.10. The number of methoxy groups -OCH3 is 1. The fraction of sp³-hybridized carbons (Fsp3) is 0.154. The minimum absolute atomic E-state index is 0.0572. The molecule has 0 unspecified atom stereocenters. The summed E-state index contributed by atoms with van der Waals surface area (Å²) in [6, 6.07) is 6.81. The van der Waals surface area contributed by atoms with Crippen molar-refractivity contribution >= 4 is 27.6 Å². The van der Waals surface area contributed by atoms with E-state index in [-0.39, 0.29) is 11.7 Å². The van der Waals surface area contributed by atoms with Crippen LogP contribution in [0.15, 0.2) is 28.7 Å². The Bertz CT molecular complexity index is 661. The number of carbonyl (C=O) groups is 1. The maximum absolute atomic E-state index is 11.4. The van der Waals surface area contributed by atoms with Crippen molar-refractivity contribution in [1.29, 1.82) is 0 Å². The van der Waals surface area contributed by atoms with E-state index in [0.717, 1.165) is 4.47 Å². The van der Waals surface area contributed by atoms with E-state index in [1.165, 1.54) is 7.11 Å². The molecule has 0 radical (unpaired) electrons. The Balaban J connectivity index is 2.33. The van der Waals surface area contributed by atoms with Gasteiger partial charge in [-0.3, -0.25) is 0 Å². The topological polar surface area (TPSA) is 87.3 Å². The van der Waals surface area contributed by atoms with Crippen molar-refractivity contribution in [2.45, 2.75) is 6.92 Å². The van der Waals surface area contributed by atoms with Gasteiger partial charge in [-0.1, -0.05) is 15.9 Å². The first kappa shape index (κ1) is 14.3. The van der Waals surface area contributed by atoms with Gasteiger partial charge in [-0.25, -0.2) is 9.78 Å². The van der Waals surface area contributed by atoms with E-state index in [2.05, 4.69) is 30.6 Å². The molecule has 0 spiro atoms. The second-order valence-electron chi connectivity index (χ2n) is 3.95. The van der Waals surface area contributed by atoms with E-state index >= 15 is 0 Å². The van der Waals surface area contributed by atoms with Crippen LogP contribution in [-0.4, -0.2) is 23.0 Å². The lowest BCUT2D eigenvalue weighted by molar-refractivity contribution is 0.0585. The van der Waals surface area contributed by atoms with Gasteiger partial charge in [-0.15, -0.1) is 0 Å². The molecule has 0 aliphatic rings. The number of nitrogen functional groups attached to an aromatic ring is 1. The summed E-state index contributed by atoms with van der Waals surface area (Å²) < 4.78 is 11.0. The monoisotopic (exact) mass is 337 g/mol. The van der Waals surface area contributed by atoms with E-state index in [0.29, 0.717) is 17.1 Å². The molecule has 2 aromatic rings. The number of aryl methyl sites for hydroxylation is 1. The Hall–Kier alpha value is -2.15. The first-order valence-corrected chi connectivity index (χ1v) is 6.46. The Kier molecular flexibility index (Phi) is 4.19. The number of aromatic nitrogens is 2. The number of ether oxygens (including phenoxy) is 2. The number of esters is 1. The van der Waals surface area contributed by atoms with Crippen LogP contribution >= 0.6 is 15.9 Å². The predicted molar refractivity (Wildman–Crippen MR) is 76.7 cm³/mol. The van der Waals surface area contributed by atoms with E-state index < -0.39 is 5.97 Å². The molecule has 0 bridgehead atoms. The molecule has 6 nitrogen and oxygen atoms in total. The summed E-state index contributed by atoms with van der Waals surface area (Å²) in [4.78, 5) is 19.4. The van der Waals surface area contributed by atoms with Gasteiger partial charge < -0.3 is 15.2 Å². The SMILES string of the molecule is COC(=O)c1nc(C)cc(Oc2ccc(Br)cc2N)n1. The smallest absolute Gasteiger partial charge is 0.376 e. The zero-order valence-electron chi connectivity index (χ0n) is 10.9. The molecule has 0 aliphatic heterocycles. The number of hydrogen-bond acceptors (Lipinski definition) is 6. The summed E-state index contributed by atoms with van der Waals surface area (Å²) in [6.07, 6.45) is 0. The number of carbonyl (C=O) groups excluding carboxylic acids is 1. The zero-order valence-corrected chi connectivity index (χ0v) is 12.5. The molecule has 0 aliphatic carbocycles. The van der Waals surface area contributed by atoms with Crippen LogP contribution in [0.3, 0.4) is 0 Å². The Labute approximate surface area is 124 Å². The van der Waals surface area contributed by atoms with Gasteiger partial charge in [0.15, 0.2) is 5.75 Å². The largest absolute Gasteiger partial charge is 0.463 e. The third-order valence-corrected chi connectivity index (χ3v) is 2.88. The van der Waals surface area contributed by atoms with Gasteiger partial charge in [-0.05, 0) is 25.1 Å². The van der Waals surface area contributed by atoms with E-state index in [1.807, 2.05) is 0 Å². The maximum Gasteiger partial charge on any atom is 0.376 e. The maximum atomic E-state index is 11.4. The zero-order chi connectivity index (χ0) is 14.7. The highest BCUT2D eigenvalue weighted by atomic mass is 79.9. The lowest BCUT2D eigenvalue weighted by Gasteiger charge is -2.09. The number of nitrogens with zero attached hydrogens (tertiary/aromatic N) is 2. The van der Waals surface area contributed by atoms with Crippen molar-refractivity contribution in [3.63, 3.8) is 0 Å². The summed E-state index contributed by atoms with van der Waals surface area (Å²) in [6.45, 7) is 1.73. The number of benzene rings is 1. The predicted octanol–water partition coefficient (Wildman–Crippen LogP) is 2.71. The van der Waals surface area contributed by atoms with Crippen LogP contribution in [0.5, 0.6) is 11.6 Å². The highest BCUT2D eigenvalue weighted by Gasteiger charge is 2.13. The molecule has 7 heteroatoms. The van der Waals surface area contributed by atoms with Crippen molar-refractivity contribution in [2.75, 3.05) is 12.8 Å². The molecule has 20 heavy (non-hydrogen) atoms. The third-order valence-electron chi connectivity index (χ3n) is 2.39. The normalized spacial score (nSPS) is 10.2. The fourth-order valence-electron chi connectivity index (χ4n) is 1.50. The van der Waals surface area contributed by atoms with E-state index in [1.54, 1.807) is 31.2 Å². The van der Waals surface area contributed by atoms with Crippen LogP contribution in [0.25, 0.3) is 0 Å². The average Bonchev–Trinajstić information content (AvgIpc) is 2.40. The third kappa shape index (κ3) is 3.24. The van der Waals surface area contributed by atoms with Crippen LogP contribution in [-0.2, 0) is 4.74 Å². The Morgan fingerprint density at radius 2 is 2.05 bits per heavy atom. The molecule has 0 amide bonds. The van der Waals surface area contributed by atoms with Crippen molar-refractivity contribution in [3.8, 4) is 11.6 Å². The summed E-state index contributed by atoms with van der Waals surface area (Å²) in [7, 11) is 1.27. The number of nitrogens with two attached hydrogens (primary N) is 1. The first-order valence-electron chi connectivity index (χ1n) is 5.66. The van der Waals surface area contributed by atoms with Crippen LogP contribution in [0.2, 0.25) is 0 Å². The lowest BCUT2D eigenvalue weighted by Crippen LogP contribution is -2.09. The van der Waals surface area contributed by atoms with Gasteiger partial charge in [-0.2, -0.15) is 4.98 Å². The van der Waals surface area contributed by atoms with Crippen molar-refractivity contribution in [2.24, 2.45) is 0 Å². The van der Waals surface area contributed by atoms with Crippen molar-refractivity contribution in [1.82, 2.24) is 9.97 Å². The quantitative estimate of drug-likeness (QED) is 0.684. The molecule has 1 aromatic heterocycles. The number of rotatable bonds is 3. The molecule has 0 saturated heterocycles. The van der Waals surface area contributed by atoms with Gasteiger partial charge in [0.2, 0.25) is 11.7 Å². The van der Waals surface area contributed by atoms with Crippen LogP contribution < -0.4 is 10.5 Å². The van der Waals surface area contributed by atoms with Gasteiger partial charge in [0.05, 0.1) is 12.8 Å². The van der Waals surface area contributed by atoms with Crippen molar-refractivity contribution < 1.29 is 14.3 Å². The van der Waals surface area contributed by atoms with Gasteiger partial charge in [0, 0.05) is 16.2 Å². The molecule has 2 rings (SSSR count). The Morgan fingerprint density at radius 3 is 2.70 bits per heavy atom. The minimum Gasteiger partial charge on any atom is -0.463 e. The average molecular weight is 338 g/mol. The molecule has 104 valence electrons. The van der Waals surface area contributed by atoms with Crippen LogP contribution in [0.4, 0.5) is 5.69 Å². The van der Waals surface area contributed by atoms with Crippen LogP contribution in [0.1, 0.15) is 16.3 Å². The van der Waals surface area contributed by atoms with Gasteiger partial charge in [0.25, 0.3) is 0 Å². The lowest BCUT2D eigenvalue weighted by atomic mass is 10.3. The molecule has 0 saturated carbocycles. The second-order valence-corrected chi connectivity index (χ2v) is 4.86. The minimum atomic E-state index is -0.623. The summed E-state index contributed by atoms with van der Waals surface area (Å²) >= 11 is 3.31.